The molecule has 24 heavy (non-hydrogen) atoms. The molecule has 7 heteroatoms. The first kappa shape index (κ1) is 16.1. The molecule has 1 unspecified atom stereocenters. The van der Waals surface area contributed by atoms with Crippen LogP contribution in [0, 0.1) is 0 Å². The number of nitrogens with zero attached hydrogens (tertiary/aromatic N) is 4. The van der Waals surface area contributed by atoms with Gasteiger partial charge in [-0.2, -0.15) is 4.98 Å². The first-order valence-electron chi connectivity index (χ1n) is 8.74. The molecule has 0 N–H and O–H groups in total. The predicted octanol–water partition coefficient (Wildman–Crippen LogP) is 1.09. The molecule has 1 atom stereocenters. The largest absolute Gasteiger partial charge is 0.378 e. The van der Waals surface area contributed by atoms with E-state index in [1.54, 1.807) is 0 Å². The third-order valence-electron chi connectivity index (χ3n) is 4.86. The monoisotopic (exact) mass is 334 g/mol. The van der Waals surface area contributed by atoms with E-state index in [-0.39, 0.29) is 11.2 Å². The number of ether oxygens (including phenoxy) is 3. The number of morpholine rings is 2. The first-order chi connectivity index (χ1) is 11.6. The van der Waals surface area contributed by atoms with Crippen LogP contribution in [0.2, 0.25) is 0 Å². The molecule has 1 aromatic rings. The van der Waals surface area contributed by atoms with Gasteiger partial charge in [-0.25, -0.2) is 4.98 Å². The molecular weight excluding hydrogens is 308 g/mol. The van der Waals surface area contributed by atoms with E-state index in [2.05, 4.69) is 28.6 Å². The van der Waals surface area contributed by atoms with E-state index in [9.17, 15) is 0 Å². The van der Waals surface area contributed by atoms with Crippen LogP contribution in [0.1, 0.15) is 20.3 Å². The summed E-state index contributed by atoms with van der Waals surface area (Å²) in [7, 11) is 0. The van der Waals surface area contributed by atoms with E-state index < -0.39 is 0 Å². The summed E-state index contributed by atoms with van der Waals surface area (Å²) in [4.78, 5) is 13.9. The Balaban J connectivity index is 1.58. The molecule has 0 aliphatic carbocycles. The maximum absolute atomic E-state index is 6.37. The highest BCUT2D eigenvalue weighted by molar-refractivity contribution is 5.45. The van der Waals surface area contributed by atoms with Crippen LogP contribution in [0.15, 0.2) is 12.3 Å². The molecule has 0 amide bonds. The van der Waals surface area contributed by atoms with Crippen LogP contribution < -0.4 is 9.80 Å². The van der Waals surface area contributed by atoms with E-state index in [4.69, 9.17) is 19.2 Å². The standard InChI is InChI=1S/C17H26N4O3/c1-16(2)11-21(12-17(24-16)4-8-23-13-17)15-18-5-3-14(19-15)20-6-9-22-10-7-20/h3,5H,4,6-13H2,1-2H3. The van der Waals surface area contributed by atoms with E-state index in [1.165, 1.54) is 0 Å². The fraction of sp³-hybridized carbons (Fsp3) is 0.765. The van der Waals surface area contributed by atoms with Gasteiger partial charge in [0.05, 0.1) is 32.0 Å². The molecule has 132 valence electrons. The summed E-state index contributed by atoms with van der Waals surface area (Å²) >= 11 is 0. The Bertz CT molecular complexity index is 583. The Hall–Kier alpha value is -1.44. The molecule has 0 bridgehead atoms. The molecule has 3 fully saturated rings. The van der Waals surface area contributed by atoms with Crippen molar-refractivity contribution in [1.29, 1.82) is 0 Å². The normalized spacial score (nSPS) is 30.1. The lowest BCUT2D eigenvalue weighted by Crippen LogP contribution is -2.60. The molecule has 3 aliphatic rings. The second-order valence-electron chi connectivity index (χ2n) is 7.52. The average Bonchev–Trinajstić information content (AvgIpc) is 3.01. The summed E-state index contributed by atoms with van der Waals surface area (Å²) in [5.41, 5.74) is -0.482. The van der Waals surface area contributed by atoms with Crippen molar-refractivity contribution >= 4 is 11.8 Å². The maximum Gasteiger partial charge on any atom is 0.227 e. The van der Waals surface area contributed by atoms with Gasteiger partial charge in [0.2, 0.25) is 5.95 Å². The lowest BCUT2D eigenvalue weighted by Gasteiger charge is -2.48. The van der Waals surface area contributed by atoms with Crippen LogP contribution >= 0.6 is 0 Å². The molecule has 1 spiro atoms. The molecule has 3 aliphatic heterocycles. The van der Waals surface area contributed by atoms with Crippen molar-refractivity contribution in [2.45, 2.75) is 31.5 Å². The van der Waals surface area contributed by atoms with Crippen molar-refractivity contribution in [2.75, 3.05) is 62.4 Å². The fourth-order valence-electron chi connectivity index (χ4n) is 3.91. The number of rotatable bonds is 2. The molecule has 4 heterocycles. The highest BCUT2D eigenvalue weighted by Crippen LogP contribution is 2.36. The second-order valence-corrected chi connectivity index (χ2v) is 7.52. The number of anilines is 2. The van der Waals surface area contributed by atoms with Gasteiger partial charge >= 0.3 is 0 Å². The zero-order valence-electron chi connectivity index (χ0n) is 14.5. The Morgan fingerprint density at radius 3 is 2.62 bits per heavy atom. The molecule has 0 radical (unpaired) electrons. The summed E-state index contributed by atoms with van der Waals surface area (Å²) in [6, 6.07) is 1.98. The third kappa shape index (κ3) is 3.20. The summed E-state index contributed by atoms with van der Waals surface area (Å²) in [6.07, 6.45) is 2.78. The molecule has 7 nitrogen and oxygen atoms in total. The minimum Gasteiger partial charge on any atom is -0.378 e. The van der Waals surface area contributed by atoms with Gasteiger partial charge in [-0.05, 0) is 19.9 Å². The zero-order valence-corrected chi connectivity index (χ0v) is 14.5. The van der Waals surface area contributed by atoms with Crippen LogP contribution in [0.5, 0.6) is 0 Å². The van der Waals surface area contributed by atoms with Crippen LogP contribution in [0.4, 0.5) is 11.8 Å². The molecule has 0 saturated carbocycles. The summed E-state index contributed by atoms with van der Waals surface area (Å²) < 4.78 is 17.4. The Labute approximate surface area is 142 Å². The van der Waals surface area contributed by atoms with Gasteiger partial charge in [0, 0.05) is 38.9 Å². The SMILES string of the molecule is CC1(C)CN(c2nccc(N3CCOCC3)n2)CC2(CCOC2)O1. The predicted molar refractivity (Wildman–Crippen MR) is 90.6 cm³/mol. The van der Waals surface area contributed by atoms with Crippen LogP contribution in [0.25, 0.3) is 0 Å². The van der Waals surface area contributed by atoms with Crippen molar-refractivity contribution in [2.24, 2.45) is 0 Å². The molecule has 0 aromatic carbocycles. The number of aromatic nitrogens is 2. The first-order valence-corrected chi connectivity index (χ1v) is 8.74. The number of hydrogen-bond donors (Lipinski definition) is 0. The van der Waals surface area contributed by atoms with Crippen molar-refractivity contribution in [3.05, 3.63) is 12.3 Å². The van der Waals surface area contributed by atoms with Gasteiger partial charge in [-0.15, -0.1) is 0 Å². The Morgan fingerprint density at radius 1 is 1.04 bits per heavy atom. The summed E-state index contributed by atoms with van der Waals surface area (Å²) in [5.74, 6) is 1.76. The minimum atomic E-state index is -0.246. The van der Waals surface area contributed by atoms with Crippen LogP contribution in [0.3, 0.4) is 0 Å². The molecule has 3 saturated heterocycles. The summed E-state index contributed by atoms with van der Waals surface area (Å²) in [5, 5.41) is 0. The average molecular weight is 334 g/mol. The van der Waals surface area contributed by atoms with Crippen molar-refractivity contribution in [3.8, 4) is 0 Å². The van der Waals surface area contributed by atoms with E-state index >= 15 is 0 Å². The van der Waals surface area contributed by atoms with Crippen molar-refractivity contribution in [1.82, 2.24) is 9.97 Å². The Kier molecular flexibility index (Phi) is 4.10. The topological polar surface area (TPSA) is 60.0 Å². The van der Waals surface area contributed by atoms with Gasteiger partial charge < -0.3 is 24.0 Å². The molecule has 1 aromatic heterocycles. The van der Waals surface area contributed by atoms with Crippen molar-refractivity contribution in [3.63, 3.8) is 0 Å². The summed E-state index contributed by atoms with van der Waals surface area (Å²) in [6.45, 7) is 10.5. The fourth-order valence-corrected chi connectivity index (χ4v) is 3.91. The van der Waals surface area contributed by atoms with Gasteiger partial charge in [0.1, 0.15) is 11.4 Å². The number of hydrogen-bond acceptors (Lipinski definition) is 7. The van der Waals surface area contributed by atoms with Crippen LogP contribution in [-0.2, 0) is 14.2 Å². The molecule has 4 rings (SSSR count). The van der Waals surface area contributed by atoms with Gasteiger partial charge in [0.25, 0.3) is 0 Å². The van der Waals surface area contributed by atoms with Gasteiger partial charge in [0.15, 0.2) is 0 Å². The van der Waals surface area contributed by atoms with Gasteiger partial charge in [-0.3, -0.25) is 0 Å². The smallest absolute Gasteiger partial charge is 0.227 e. The van der Waals surface area contributed by atoms with Crippen molar-refractivity contribution < 1.29 is 14.2 Å². The third-order valence-corrected chi connectivity index (χ3v) is 4.86. The molecular formula is C17H26N4O3. The van der Waals surface area contributed by atoms with Gasteiger partial charge in [-0.1, -0.05) is 0 Å². The minimum absolute atomic E-state index is 0.236. The van der Waals surface area contributed by atoms with E-state index in [0.29, 0.717) is 6.61 Å². The Morgan fingerprint density at radius 2 is 1.88 bits per heavy atom. The lowest BCUT2D eigenvalue weighted by atomic mass is 9.95. The highest BCUT2D eigenvalue weighted by Gasteiger charge is 2.47. The highest BCUT2D eigenvalue weighted by atomic mass is 16.6. The lowest BCUT2D eigenvalue weighted by molar-refractivity contribution is -0.151. The zero-order chi connectivity index (χ0) is 16.6. The van der Waals surface area contributed by atoms with E-state index in [0.717, 1.165) is 64.2 Å². The quantitative estimate of drug-likeness (QED) is 0.802. The van der Waals surface area contributed by atoms with E-state index in [1.807, 2.05) is 12.3 Å². The van der Waals surface area contributed by atoms with Crippen LogP contribution in [-0.4, -0.2) is 73.8 Å². The maximum atomic E-state index is 6.37. The second kappa shape index (κ2) is 6.13.